The van der Waals surface area contributed by atoms with Crippen molar-refractivity contribution in [2.75, 3.05) is 5.32 Å². The number of nitrogens with zero attached hydrogens (tertiary/aromatic N) is 2. The number of rotatable bonds is 6. The first-order valence-electron chi connectivity index (χ1n) is 6.66. The number of nitrogens with one attached hydrogen (secondary N) is 1. The van der Waals surface area contributed by atoms with Gasteiger partial charge in [-0.15, -0.1) is 0 Å². The van der Waals surface area contributed by atoms with Crippen LogP contribution in [0.5, 0.6) is 0 Å². The molecule has 1 aromatic rings. The minimum Gasteiger partial charge on any atom is -0.367 e. The van der Waals surface area contributed by atoms with Gasteiger partial charge >= 0.3 is 0 Å². The summed E-state index contributed by atoms with van der Waals surface area (Å²) in [6, 6.07) is 2.52. The summed E-state index contributed by atoms with van der Waals surface area (Å²) < 4.78 is 0. The maximum absolute atomic E-state index is 4.29. The lowest BCUT2D eigenvalue weighted by Crippen LogP contribution is -2.25. The molecule has 1 atom stereocenters. The zero-order valence-corrected chi connectivity index (χ0v) is 11.7. The number of anilines is 1. The molecular formula is C14H25N3. The Bertz CT molecular complexity index is 332. The summed E-state index contributed by atoms with van der Waals surface area (Å²) in [5, 5.41) is 3.49. The Morgan fingerprint density at radius 2 is 1.76 bits per heavy atom. The highest BCUT2D eigenvalue weighted by Gasteiger charge is 2.14. The fraction of sp³-hybridized carbons (Fsp3) is 0.714. The van der Waals surface area contributed by atoms with Crippen molar-refractivity contribution in [1.82, 2.24) is 9.97 Å². The third kappa shape index (κ3) is 3.99. The summed E-state index contributed by atoms with van der Waals surface area (Å²) in [6.07, 6.45) is 4.05. The molecular weight excluding hydrogens is 210 g/mol. The maximum atomic E-state index is 4.29. The van der Waals surface area contributed by atoms with E-state index < -0.39 is 0 Å². The molecule has 0 amide bonds. The van der Waals surface area contributed by atoms with Gasteiger partial charge in [0.1, 0.15) is 12.1 Å². The highest BCUT2D eigenvalue weighted by molar-refractivity contribution is 5.36. The van der Waals surface area contributed by atoms with Crippen LogP contribution in [0.4, 0.5) is 5.82 Å². The van der Waals surface area contributed by atoms with E-state index in [0.29, 0.717) is 17.9 Å². The van der Waals surface area contributed by atoms with Crippen molar-refractivity contribution in [3.05, 3.63) is 18.1 Å². The van der Waals surface area contributed by atoms with Gasteiger partial charge in [-0.25, -0.2) is 9.97 Å². The molecule has 0 aromatic carbocycles. The van der Waals surface area contributed by atoms with Crippen molar-refractivity contribution in [3.63, 3.8) is 0 Å². The van der Waals surface area contributed by atoms with Crippen LogP contribution in [0.3, 0.4) is 0 Å². The Morgan fingerprint density at radius 1 is 1.12 bits per heavy atom. The first kappa shape index (κ1) is 13.9. The van der Waals surface area contributed by atoms with Crippen molar-refractivity contribution in [3.8, 4) is 0 Å². The fourth-order valence-corrected chi connectivity index (χ4v) is 2.11. The van der Waals surface area contributed by atoms with Gasteiger partial charge in [-0.05, 0) is 18.8 Å². The first-order valence-corrected chi connectivity index (χ1v) is 6.66. The Kier molecular flexibility index (Phi) is 5.39. The third-order valence-electron chi connectivity index (χ3n) is 3.41. The van der Waals surface area contributed by atoms with Gasteiger partial charge in [0.25, 0.3) is 0 Å². The van der Waals surface area contributed by atoms with Gasteiger partial charge < -0.3 is 5.32 Å². The molecule has 1 heterocycles. The van der Waals surface area contributed by atoms with Gasteiger partial charge in [0, 0.05) is 17.8 Å². The molecule has 96 valence electrons. The lowest BCUT2D eigenvalue weighted by molar-refractivity contribution is 0.437. The quantitative estimate of drug-likeness (QED) is 0.814. The van der Waals surface area contributed by atoms with Crippen molar-refractivity contribution in [2.24, 2.45) is 5.92 Å². The molecule has 1 aromatic heterocycles. The Morgan fingerprint density at radius 3 is 2.29 bits per heavy atom. The summed E-state index contributed by atoms with van der Waals surface area (Å²) in [4.78, 5) is 8.57. The molecule has 3 heteroatoms. The third-order valence-corrected chi connectivity index (χ3v) is 3.41. The monoisotopic (exact) mass is 235 g/mol. The molecule has 1 rings (SSSR count). The van der Waals surface area contributed by atoms with E-state index in [1.807, 2.05) is 0 Å². The van der Waals surface area contributed by atoms with E-state index >= 15 is 0 Å². The van der Waals surface area contributed by atoms with E-state index in [2.05, 4.69) is 56.0 Å². The summed E-state index contributed by atoms with van der Waals surface area (Å²) in [5.41, 5.74) is 1.10. The standard InChI is InChI=1S/C14H25N3/c1-6-12(7-2)11(5)17-14-8-13(10(3)4)15-9-16-14/h8-12H,6-7H2,1-5H3,(H,15,16,17). The summed E-state index contributed by atoms with van der Waals surface area (Å²) in [5.74, 6) is 2.09. The molecule has 3 nitrogen and oxygen atoms in total. The largest absolute Gasteiger partial charge is 0.367 e. The molecule has 0 bridgehead atoms. The van der Waals surface area contributed by atoms with E-state index in [4.69, 9.17) is 0 Å². The van der Waals surface area contributed by atoms with Crippen molar-refractivity contribution in [2.45, 2.75) is 59.4 Å². The fourth-order valence-electron chi connectivity index (χ4n) is 2.11. The zero-order chi connectivity index (χ0) is 12.8. The predicted molar refractivity (Wildman–Crippen MR) is 73.3 cm³/mol. The predicted octanol–water partition coefficient (Wildman–Crippen LogP) is 3.84. The average molecular weight is 235 g/mol. The second-order valence-corrected chi connectivity index (χ2v) is 4.99. The average Bonchev–Trinajstić information content (AvgIpc) is 2.30. The highest BCUT2D eigenvalue weighted by Crippen LogP contribution is 2.18. The van der Waals surface area contributed by atoms with Crippen molar-refractivity contribution < 1.29 is 0 Å². The normalized spacial score (nSPS) is 13.1. The topological polar surface area (TPSA) is 37.8 Å². The van der Waals surface area contributed by atoms with E-state index in [-0.39, 0.29) is 0 Å². The minimum atomic E-state index is 0.446. The Hall–Kier alpha value is -1.12. The molecule has 1 unspecified atom stereocenters. The van der Waals surface area contributed by atoms with Crippen molar-refractivity contribution in [1.29, 1.82) is 0 Å². The molecule has 0 radical (unpaired) electrons. The summed E-state index contributed by atoms with van der Waals surface area (Å²) >= 11 is 0. The van der Waals surface area contributed by atoms with Crippen LogP contribution >= 0.6 is 0 Å². The van der Waals surface area contributed by atoms with Crippen LogP contribution in [-0.4, -0.2) is 16.0 Å². The van der Waals surface area contributed by atoms with Crippen LogP contribution in [0.2, 0.25) is 0 Å². The molecule has 0 fully saturated rings. The van der Waals surface area contributed by atoms with Gasteiger partial charge in [0.2, 0.25) is 0 Å². The molecule has 1 N–H and O–H groups in total. The van der Waals surface area contributed by atoms with Gasteiger partial charge in [0.15, 0.2) is 0 Å². The molecule has 17 heavy (non-hydrogen) atoms. The van der Waals surface area contributed by atoms with Gasteiger partial charge in [0.05, 0.1) is 0 Å². The van der Waals surface area contributed by atoms with Crippen LogP contribution in [-0.2, 0) is 0 Å². The van der Waals surface area contributed by atoms with E-state index in [1.165, 1.54) is 12.8 Å². The van der Waals surface area contributed by atoms with Crippen LogP contribution in [0.1, 0.15) is 59.1 Å². The van der Waals surface area contributed by atoms with Crippen LogP contribution in [0.15, 0.2) is 12.4 Å². The van der Waals surface area contributed by atoms with Gasteiger partial charge in [-0.2, -0.15) is 0 Å². The Balaban J connectivity index is 2.70. The molecule has 0 spiro atoms. The zero-order valence-electron chi connectivity index (χ0n) is 11.7. The highest BCUT2D eigenvalue weighted by atomic mass is 15.0. The maximum Gasteiger partial charge on any atom is 0.129 e. The second kappa shape index (κ2) is 6.58. The summed E-state index contributed by atoms with van der Waals surface area (Å²) in [6.45, 7) is 11.0. The van der Waals surface area contributed by atoms with Gasteiger partial charge in [-0.1, -0.05) is 40.5 Å². The van der Waals surface area contributed by atoms with E-state index in [0.717, 1.165) is 11.5 Å². The number of hydrogen-bond acceptors (Lipinski definition) is 3. The second-order valence-electron chi connectivity index (χ2n) is 4.99. The number of aromatic nitrogens is 2. The van der Waals surface area contributed by atoms with E-state index in [1.54, 1.807) is 6.33 Å². The lowest BCUT2D eigenvalue weighted by Gasteiger charge is -2.23. The molecule has 0 saturated heterocycles. The summed E-state index contributed by atoms with van der Waals surface area (Å²) in [7, 11) is 0. The number of hydrogen-bond donors (Lipinski definition) is 1. The molecule has 0 saturated carbocycles. The molecule has 0 aliphatic heterocycles. The smallest absolute Gasteiger partial charge is 0.129 e. The van der Waals surface area contributed by atoms with E-state index in [9.17, 15) is 0 Å². The van der Waals surface area contributed by atoms with Crippen molar-refractivity contribution >= 4 is 5.82 Å². The molecule has 0 aliphatic carbocycles. The Labute approximate surface area is 105 Å². The lowest BCUT2D eigenvalue weighted by atomic mass is 9.95. The van der Waals surface area contributed by atoms with Crippen LogP contribution in [0.25, 0.3) is 0 Å². The van der Waals surface area contributed by atoms with Crippen LogP contribution < -0.4 is 5.32 Å². The van der Waals surface area contributed by atoms with Gasteiger partial charge in [-0.3, -0.25) is 0 Å². The first-order chi connectivity index (χ1) is 8.08. The SMILES string of the molecule is CCC(CC)C(C)Nc1cc(C(C)C)ncn1. The van der Waals surface area contributed by atoms with Crippen LogP contribution in [0, 0.1) is 5.92 Å². The molecule has 0 aliphatic rings. The minimum absolute atomic E-state index is 0.446.